The lowest BCUT2D eigenvalue weighted by Crippen LogP contribution is -2.33. The molecule has 0 aromatic heterocycles. The van der Waals surface area contributed by atoms with E-state index < -0.39 is 5.97 Å². The summed E-state index contributed by atoms with van der Waals surface area (Å²) < 4.78 is 0. The van der Waals surface area contributed by atoms with Gasteiger partial charge in [0.05, 0.1) is 11.3 Å². The normalized spacial score (nSPS) is 13.9. The summed E-state index contributed by atoms with van der Waals surface area (Å²) in [5.41, 5.74) is 4.36. The molecule has 4 N–H and O–H groups in total. The smallest absolute Gasteiger partial charge is 0.337 e. The Labute approximate surface area is 144 Å². The van der Waals surface area contributed by atoms with Crippen molar-refractivity contribution >= 4 is 35.1 Å². The van der Waals surface area contributed by atoms with Crippen LogP contribution in [0.2, 0.25) is 0 Å². The lowest BCUT2D eigenvalue weighted by molar-refractivity contribution is -0.118. The average Bonchev–Trinajstić information content (AvgIpc) is 2.98. The second kappa shape index (κ2) is 8.04. The molecule has 0 spiro atoms. The van der Waals surface area contributed by atoms with Crippen LogP contribution in [0.5, 0.6) is 0 Å². The monoisotopic (exact) mass is 345 g/mol. The molecule has 1 aliphatic rings. The van der Waals surface area contributed by atoms with Crippen molar-refractivity contribution in [2.45, 2.75) is 26.7 Å². The zero-order valence-electron chi connectivity index (χ0n) is 13.9. The van der Waals surface area contributed by atoms with Gasteiger partial charge in [-0.15, -0.1) is 0 Å². The van der Waals surface area contributed by atoms with E-state index in [9.17, 15) is 19.5 Å². The number of carbonyl (C=O) groups excluding carboxylic acids is 2. The fourth-order valence-electron chi connectivity index (χ4n) is 2.08. The highest BCUT2D eigenvalue weighted by Gasteiger charge is 2.14. The van der Waals surface area contributed by atoms with E-state index in [1.165, 1.54) is 6.07 Å². The highest BCUT2D eigenvalue weighted by molar-refractivity contribution is 6.03. The summed E-state index contributed by atoms with van der Waals surface area (Å²) >= 11 is 0. The number of guanidine groups is 1. The molecule has 1 heterocycles. The van der Waals surface area contributed by atoms with Crippen molar-refractivity contribution in [3.8, 4) is 0 Å². The highest BCUT2D eigenvalue weighted by atomic mass is 16.4. The molecule has 0 radical (unpaired) electrons. The molecule has 9 nitrogen and oxygen atoms in total. The van der Waals surface area contributed by atoms with Crippen molar-refractivity contribution in [1.82, 2.24) is 10.7 Å². The van der Waals surface area contributed by atoms with E-state index in [1.54, 1.807) is 26.0 Å². The van der Waals surface area contributed by atoms with Crippen molar-refractivity contribution in [2.24, 2.45) is 10.1 Å². The molecule has 0 unspecified atom stereocenters. The number of hydrogen-bond acceptors (Lipinski definition) is 6. The van der Waals surface area contributed by atoms with Gasteiger partial charge in [0.2, 0.25) is 17.8 Å². The van der Waals surface area contributed by atoms with Crippen molar-refractivity contribution in [3.05, 3.63) is 29.3 Å². The van der Waals surface area contributed by atoms with Crippen LogP contribution in [-0.2, 0) is 9.59 Å². The van der Waals surface area contributed by atoms with Crippen LogP contribution < -0.4 is 16.1 Å². The van der Waals surface area contributed by atoms with Crippen LogP contribution in [0.25, 0.3) is 0 Å². The molecule has 0 aliphatic carbocycles. The van der Waals surface area contributed by atoms with Crippen LogP contribution in [0, 0.1) is 6.92 Å². The molecule has 1 aliphatic heterocycles. The fraction of sp³-hybridized carbons (Fsp3) is 0.312. The number of aromatic carboxylic acids is 1. The number of hydrogen-bond donors (Lipinski definition) is 4. The Hall–Kier alpha value is -3.23. The maximum absolute atomic E-state index is 12.0. The number of rotatable bonds is 6. The minimum Gasteiger partial charge on any atom is -0.478 e. The number of aliphatic imine (C=N–C) groups is 1. The summed E-state index contributed by atoms with van der Waals surface area (Å²) in [6.07, 6.45) is 0.511. The molecular weight excluding hydrogens is 326 g/mol. The molecule has 2 amide bonds. The summed E-state index contributed by atoms with van der Waals surface area (Å²) in [6.45, 7) is 3.58. The molecule has 2 rings (SSSR count). The van der Waals surface area contributed by atoms with Crippen molar-refractivity contribution < 1.29 is 19.5 Å². The third-order valence-corrected chi connectivity index (χ3v) is 3.38. The van der Waals surface area contributed by atoms with E-state index in [-0.39, 0.29) is 42.0 Å². The summed E-state index contributed by atoms with van der Waals surface area (Å²) in [4.78, 5) is 38.1. The molecule has 0 saturated carbocycles. The molecule has 0 bridgehead atoms. The topological polar surface area (TPSA) is 132 Å². The predicted octanol–water partition coefficient (Wildman–Crippen LogP) is 0.863. The van der Waals surface area contributed by atoms with Gasteiger partial charge in [0.25, 0.3) is 0 Å². The van der Waals surface area contributed by atoms with Gasteiger partial charge in [-0.3, -0.25) is 14.9 Å². The van der Waals surface area contributed by atoms with Crippen molar-refractivity contribution in [3.63, 3.8) is 0 Å². The van der Waals surface area contributed by atoms with E-state index >= 15 is 0 Å². The van der Waals surface area contributed by atoms with E-state index in [4.69, 9.17) is 0 Å². The van der Waals surface area contributed by atoms with Gasteiger partial charge in [0.1, 0.15) is 6.54 Å². The Balaban J connectivity index is 1.86. The number of carboxylic acids is 1. The first-order chi connectivity index (χ1) is 11.8. The van der Waals surface area contributed by atoms with Gasteiger partial charge in [-0.25, -0.2) is 15.2 Å². The van der Waals surface area contributed by atoms with Gasteiger partial charge in [-0.05, 0) is 32.4 Å². The summed E-state index contributed by atoms with van der Waals surface area (Å²) in [5.74, 6) is -1.34. The Kier molecular flexibility index (Phi) is 5.83. The first kappa shape index (κ1) is 18.1. The van der Waals surface area contributed by atoms with Crippen LogP contribution in [0.1, 0.15) is 35.7 Å². The molecule has 1 aromatic rings. The van der Waals surface area contributed by atoms with Gasteiger partial charge >= 0.3 is 5.97 Å². The lowest BCUT2D eigenvalue weighted by atomic mass is 10.1. The highest BCUT2D eigenvalue weighted by Crippen LogP contribution is 2.17. The second-order valence-corrected chi connectivity index (χ2v) is 5.57. The molecule has 132 valence electrons. The quantitative estimate of drug-likeness (QED) is 0.448. The van der Waals surface area contributed by atoms with Gasteiger partial charge in [0, 0.05) is 12.1 Å². The summed E-state index contributed by atoms with van der Waals surface area (Å²) in [6, 6.07) is 4.81. The zero-order chi connectivity index (χ0) is 18.4. The number of hydrazone groups is 1. The molecule has 9 heteroatoms. The minimum absolute atomic E-state index is 0.0513. The van der Waals surface area contributed by atoms with Gasteiger partial charge in [0.15, 0.2) is 0 Å². The van der Waals surface area contributed by atoms with Gasteiger partial charge in [-0.2, -0.15) is 5.10 Å². The number of amides is 2. The Morgan fingerprint density at radius 1 is 1.36 bits per heavy atom. The second-order valence-electron chi connectivity index (χ2n) is 5.57. The number of nitrogens with one attached hydrogen (secondary N) is 3. The standard InChI is InChI=1S/C16H19N5O4/c1-9-3-5-12(11(7-9)15(24)25)18-13(22)6-4-10(2)20-21-16-17-8-14(23)19-16/h3,5,7H,4,6,8H2,1-2H3,(H,18,22)(H,24,25)(H2,17,19,21,23)/b20-10+. The first-order valence-electron chi connectivity index (χ1n) is 7.62. The van der Waals surface area contributed by atoms with Gasteiger partial charge < -0.3 is 10.4 Å². The van der Waals surface area contributed by atoms with E-state index in [1.807, 2.05) is 0 Å². The van der Waals surface area contributed by atoms with Crippen LogP contribution >= 0.6 is 0 Å². The number of carbonyl (C=O) groups is 3. The third kappa shape index (κ3) is 5.41. The van der Waals surface area contributed by atoms with E-state index in [2.05, 4.69) is 26.2 Å². The maximum atomic E-state index is 12.0. The molecule has 0 fully saturated rings. The van der Waals surface area contributed by atoms with Crippen LogP contribution in [0.4, 0.5) is 5.69 Å². The Morgan fingerprint density at radius 3 is 2.76 bits per heavy atom. The zero-order valence-corrected chi connectivity index (χ0v) is 13.9. The van der Waals surface area contributed by atoms with Crippen molar-refractivity contribution in [2.75, 3.05) is 11.9 Å². The number of benzene rings is 1. The fourth-order valence-corrected chi connectivity index (χ4v) is 2.08. The Bertz CT molecular complexity index is 770. The lowest BCUT2D eigenvalue weighted by Gasteiger charge is -2.09. The number of aryl methyl sites for hydroxylation is 1. The summed E-state index contributed by atoms with van der Waals surface area (Å²) in [7, 11) is 0. The SMILES string of the molecule is C/C(CCC(=O)Nc1ccc(C)cc1C(=O)O)=N\NC1=NCC(=O)N1. The number of anilines is 1. The minimum atomic E-state index is -1.10. The molecule has 0 saturated heterocycles. The summed E-state index contributed by atoms with van der Waals surface area (Å²) in [5, 5.41) is 18.3. The van der Waals surface area contributed by atoms with Gasteiger partial charge in [-0.1, -0.05) is 11.6 Å². The first-order valence-corrected chi connectivity index (χ1v) is 7.62. The van der Waals surface area contributed by atoms with Crippen LogP contribution in [0.3, 0.4) is 0 Å². The largest absolute Gasteiger partial charge is 0.478 e. The number of nitrogens with zero attached hydrogens (tertiary/aromatic N) is 2. The predicted molar refractivity (Wildman–Crippen MR) is 92.7 cm³/mol. The van der Waals surface area contributed by atoms with Crippen LogP contribution in [-0.4, -0.2) is 41.1 Å². The number of carboxylic acid groups (broad SMARTS) is 1. The van der Waals surface area contributed by atoms with Crippen molar-refractivity contribution in [1.29, 1.82) is 0 Å². The Morgan fingerprint density at radius 2 is 2.12 bits per heavy atom. The molecule has 1 aromatic carbocycles. The van der Waals surface area contributed by atoms with E-state index in [0.29, 0.717) is 12.1 Å². The molecular formula is C16H19N5O4. The third-order valence-electron chi connectivity index (χ3n) is 3.38. The van der Waals surface area contributed by atoms with Crippen LogP contribution in [0.15, 0.2) is 28.3 Å². The molecule has 0 atom stereocenters. The molecule has 25 heavy (non-hydrogen) atoms. The maximum Gasteiger partial charge on any atom is 0.337 e. The average molecular weight is 345 g/mol. The van der Waals surface area contributed by atoms with E-state index in [0.717, 1.165) is 5.56 Å².